The highest BCUT2D eigenvalue weighted by Gasteiger charge is 2.19. The average molecular weight is 344 g/mol. The Hall–Kier alpha value is -2.36. The van der Waals surface area contributed by atoms with Crippen molar-refractivity contribution in [3.8, 4) is 5.75 Å². The molecule has 1 unspecified atom stereocenters. The van der Waals surface area contributed by atoms with Crippen LogP contribution in [0.3, 0.4) is 0 Å². The molecule has 2 aromatic rings. The number of ether oxygens (including phenoxy) is 2. The Bertz CT molecular complexity index is 667. The molecule has 0 radical (unpaired) electrons. The minimum Gasteiger partial charge on any atom is -0.494 e. The second-order valence-corrected chi connectivity index (χ2v) is 5.89. The molecular weight excluding hydrogens is 319 g/mol. The van der Waals surface area contributed by atoms with Gasteiger partial charge >= 0.3 is 5.97 Å². The predicted molar refractivity (Wildman–Crippen MR) is 96.3 cm³/mol. The van der Waals surface area contributed by atoms with Gasteiger partial charge < -0.3 is 9.47 Å². The summed E-state index contributed by atoms with van der Waals surface area (Å²) >= 11 is 0. The van der Waals surface area contributed by atoms with Gasteiger partial charge in [0.1, 0.15) is 11.6 Å². The summed E-state index contributed by atoms with van der Waals surface area (Å²) in [6, 6.07) is 14.0. The lowest BCUT2D eigenvalue weighted by Crippen LogP contribution is -2.12. The first-order valence-corrected chi connectivity index (χ1v) is 8.77. The zero-order valence-electron chi connectivity index (χ0n) is 14.8. The van der Waals surface area contributed by atoms with E-state index in [1.807, 2.05) is 30.3 Å². The number of carbonyl (C=O) groups excluding carboxylic acids is 1. The summed E-state index contributed by atoms with van der Waals surface area (Å²) in [4.78, 5) is 12.0. The first-order valence-electron chi connectivity index (χ1n) is 8.77. The van der Waals surface area contributed by atoms with Crippen LogP contribution in [0.4, 0.5) is 4.39 Å². The van der Waals surface area contributed by atoms with Crippen LogP contribution in [0.1, 0.15) is 50.2 Å². The van der Waals surface area contributed by atoms with Crippen LogP contribution in [-0.4, -0.2) is 19.2 Å². The Morgan fingerprint density at radius 2 is 1.84 bits per heavy atom. The fourth-order valence-corrected chi connectivity index (χ4v) is 2.67. The largest absolute Gasteiger partial charge is 0.494 e. The Labute approximate surface area is 148 Å². The Kier molecular flexibility index (Phi) is 7.45. The van der Waals surface area contributed by atoms with Crippen molar-refractivity contribution >= 4 is 5.97 Å². The van der Waals surface area contributed by atoms with Crippen LogP contribution in [0.15, 0.2) is 48.5 Å². The first-order chi connectivity index (χ1) is 12.1. The van der Waals surface area contributed by atoms with E-state index < -0.39 is 0 Å². The Morgan fingerprint density at radius 3 is 2.48 bits per heavy atom. The number of halogens is 1. The molecule has 134 valence electrons. The molecule has 0 fully saturated rings. The SMILES string of the molecule is CCCCOc1ccc(C(CC(=O)OCC)c2cccc(F)c2)cc1. The standard InChI is InChI=1S/C21H25FO3/c1-3-5-13-25-19-11-9-16(10-12-19)20(15-21(23)24-4-2)17-7-6-8-18(22)14-17/h6-12,14,20H,3-5,13,15H2,1-2H3. The third-order valence-corrected chi connectivity index (χ3v) is 3.98. The molecule has 25 heavy (non-hydrogen) atoms. The summed E-state index contributed by atoms with van der Waals surface area (Å²) in [5, 5.41) is 0. The van der Waals surface area contributed by atoms with Crippen molar-refractivity contribution in [3.05, 3.63) is 65.5 Å². The molecule has 2 aromatic carbocycles. The van der Waals surface area contributed by atoms with Crippen LogP contribution >= 0.6 is 0 Å². The molecule has 0 aliphatic carbocycles. The molecule has 0 amide bonds. The van der Waals surface area contributed by atoms with Gasteiger partial charge in [-0.05, 0) is 48.7 Å². The van der Waals surface area contributed by atoms with Crippen molar-refractivity contribution < 1.29 is 18.7 Å². The molecule has 4 heteroatoms. The lowest BCUT2D eigenvalue weighted by atomic mass is 9.88. The lowest BCUT2D eigenvalue weighted by Gasteiger charge is -2.18. The zero-order valence-corrected chi connectivity index (χ0v) is 14.8. The van der Waals surface area contributed by atoms with Crippen molar-refractivity contribution in [1.29, 1.82) is 0 Å². The maximum absolute atomic E-state index is 13.6. The van der Waals surface area contributed by atoms with Crippen molar-refractivity contribution in [3.63, 3.8) is 0 Å². The number of unbranched alkanes of at least 4 members (excludes halogenated alkanes) is 1. The van der Waals surface area contributed by atoms with Crippen LogP contribution in [-0.2, 0) is 9.53 Å². The Balaban J connectivity index is 2.20. The van der Waals surface area contributed by atoms with Crippen LogP contribution < -0.4 is 4.74 Å². The number of rotatable bonds is 9. The molecule has 0 saturated heterocycles. The fraction of sp³-hybridized carbons (Fsp3) is 0.381. The summed E-state index contributed by atoms with van der Waals surface area (Å²) in [7, 11) is 0. The van der Waals surface area contributed by atoms with E-state index in [-0.39, 0.29) is 24.1 Å². The third-order valence-electron chi connectivity index (χ3n) is 3.98. The molecule has 0 aliphatic heterocycles. The molecule has 3 nitrogen and oxygen atoms in total. The number of esters is 1. The quantitative estimate of drug-likeness (QED) is 0.469. The van der Waals surface area contributed by atoms with E-state index in [4.69, 9.17) is 9.47 Å². The van der Waals surface area contributed by atoms with E-state index in [2.05, 4.69) is 6.92 Å². The van der Waals surface area contributed by atoms with Crippen LogP contribution in [0, 0.1) is 5.82 Å². The highest BCUT2D eigenvalue weighted by molar-refractivity contribution is 5.71. The normalized spacial score (nSPS) is 11.8. The van der Waals surface area contributed by atoms with Crippen LogP contribution in [0.2, 0.25) is 0 Å². The average Bonchev–Trinajstić information content (AvgIpc) is 2.61. The van der Waals surface area contributed by atoms with E-state index in [1.54, 1.807) is 13.0 Å². The number of hydrogen-bond acceptors (Lipinski definition) is 3. The molecule has 1 atom stereocenters. The smallest absolute Gasteiger partial charge is 0.306 e. The topological polar surface area (TPSA) is 35.5 Å². The molecule has 0 bridgehead atoms. The molecule has 0 spiro atoms. The molecule has 0 aromatic heterocycles. The van der Waals surface area contributed by atoms with Gasteiger partial charge in [0.15, 0.2) is 0 Å². The van der Waals surface area contributed by atoms with Crippen LogP contribution in [0.25, 0.3) is 0 Å². The first kappa shape index (κ1) is 19.0. The van der Waals surface area contributed by atoms with E-state index in [9.17, 15) is 9.18 Å². The third kappa shape index (κ3) is 5.89. The minimum atomic E-state index is -0.314. The number of carbonyl (C=O) groups is 1. The van der Waals surface area contributed by atoms with E-state index >= 15 is 0 Å². The molecule has 2 rings (SSSR count). The highest BCUT2D eigenvalue weighted by Crippen LogP contribution is 2.30. The highest BCUT2D eigenvalue weighted by atomic mass is 19.1. The summed E-state index contributed by atoms with van der Waals surface area (Å²) in [5.41, 5.74) is 1.69. The summed E-state index contributed by atoms with van der Waals surface area (Å²) < 4.78 is 24.4. The lowest BCUT2D eigenvalue weighted by molar-refractivity contribution is -0.143. The van der Waals surface area contributed by atoms with Gasteiger partial charge in [0.2, 0.25) is 0 Å². The number of hydrogen-bond donors (Lipinski definition) is 0. The number of benzene rings is 2. The summed E-state index contributed by atoms with van der Waals surface area (Å²) in [5.74, 6) is -0.0586. The van der Waals surface area contributed by atoms with Crippen molar-refractivity contribution in [1.82, 2.24) is 0 Å². The van der Waals surface area contributed by atoms with Crippen molar-refractivity contribution in [2.24, 2.45) is 0 Å². The molecular formula is C21H25FO3. The second-order valence-electron chi connectivity index (χ2n) is 5.89. The van der Waals surface area contributed by atoms with Gasteiger partial charge in [-0.25, -0.2) is 4.39 Å². The second kappa shape index (κ2) is 9.82. The van der Waals surface area contributed by atoms with Gasteiger partial charge in [0.25, 0.3) is 0 Å². The fourth-order valence-electron chi connectivity index (χ4n) is 2.67. The van der Waals surface area contributed by atoms with E-state index in [1.165, 1.54) is 12.1 Å². The van der Waals surface area contributed by atoms with Gasteiger partial charge in [-0.1, -0.05) is 37.6 Å². The monoisotopic (exact) mass is 344 g/mol. The maximum atomic E-state index is 13.6. The molecule has 0 N–H and O–H groups in total. The van der Waals surface area contributed by atoms with E-state index in [0.717, 1.165) is 29.7 Å². The van der Waals surface area contributed by atoms with Crippen molar-refractivity contribution in [2.75, 3.05) is 13.2 Å². The molecule has 0 aliphatic rings. The summed E-state index contributed by atoms with van der Waals surface area (Å²) in [6.45, 7) is 4.91. The molecule has 0 saturated carbocycles. The van der Waals surface area contributed by atoms with Gasteiger partial charge in [-0.15, -0.1) is 0 Å². The van der Waals surface area contributed by atoms with Crippen molar-refractivity contribution in [2.45, 2.75) is 39.0 Å². The minimum absolute atomic E-state index is 0.174. The van der Waals surface area contributed by atoms with E-state index in [0.29, 0.717) is 13.2 Å². The summed E-state index contributed by atoms with van der Waals surface area (Å²) in [6.07, 6.45) is 2.27. The maximum Gasteiger partial charge on any atom is 0.306 e. The van der Waals surface area contributed by atoms with Gasteiger partial charge in [0, 0.05) is 5.92 Å². The zero-order chi connectivity index (χ0) is 18.1. The Morgan fingerprint density at radius 1 is 1.08 bits per heavy atom. The van der Waals surface area contributed by atoms with Gasteiger partial charge in [-0.3, -0.25) is 4.79 Å². The predicted octanol–water partition coefficient (Wildman–Crippen LogP) is 5.09. The van der Waals surface area contributed by atoms with Gasteiger partial charge in [-0.2, -0.15) is 0 Å². The van der Waals surface area contributed by atoms with Gasteiger partial charge in [0.05, 0.1) is 19.6 Å². The molecule has 0 heterocycles. The van der Waals surface area contributed by atoms with Crippen LogP contribution in [0.5, 0.6) is 5.75 Å².